The molecular weight excluding hydrogens is 538 g/mol. The molecule has 1 aromatic heterocycles. The summed E-state index contributed by atoms with van der Waals surface area (Å²) < 4.78 is 56.8. The van der Waals surface area contributed by atoms with Gasteiger partial charge < -0.3 is 14.7 Å². The number of piperidine rings is 1. The Hall–Kier alpha value is -3.88. The second-order valence-electron chi connectivity index (χ2n) is 9.94. The highest BCUT2D eigenvalue weighted by molar-refractivity contribution is 8.08. The summed E-state index contributed by atoms with van der Waals surface area (Å²) in [6.07, 6.45) is 3.03. The number of carbonyl (C=O) groups is 1. The van der Waals surface area contributed by atoms with Gasteiger partial charge in [-0.3, -0.25) is 9.10 Å². The van der Waals surface area contributed by atoms with Gasteiger partial charge in [-0.1, -0.05) is 30.2 Å². The molecular formula is C28H27N3O6S2. The first kappa shape index (κ1) is 26.7. The van der Waals surface area contributed by atoms with Crippen LogP contribution in [0.5, 0.6) is 0 Å². The highest BCUT2D eigenvalue weighted by Gasteiger charge is 2.49. The average molecular weight is 566 g/mol. The smallest absolute Gasteiger partial charge is 0.289 e. The second-order valence-corrected chi connectivity index (χ2v) is 14.3. The van der Waals surface area contributed by atoms with Crippen molar-refractivity contribution in [1.29, 1.82) is 5.41 Å². The van der Waals surface area contributed by atoms with Gasteiger partial charge in [0.05, 0.1) is 5.69 Å². The maximum absolute atomic E-state index is 13.2. The Kier molecular flexibility index (Phi) is 6.86. The molecule has 2 aromatic carbocycles. The van der Waals surface area contributed by atoms with Gasteiger partial charge in [-0.05, 0) is 66.3 Å². The zero-order chi connectivity index (χ0) is 27.8. The van der Waals surface area contributed by atoms with E-state index in [2.05, 4.69) is 11.8 Å². The van der Waals surface area contributed by atoms with E-state index in [9.17, 15) is 21.6 Å². The molecule has 2 aliphatic rings. The van der Waals surface area contributed by atoms with Crippen LogP contribution in [-0.2, 0) is 25.3 Å². The van der Waals surface area contributed by atoms with Crippen molar-refractivity contribution in [2.24, 2.45) is 0 Å². The maximum atomic E-state index is 13.2. The minimum absolute atomic E-state index is 0.0870. The molecule has 1 amide bonds. The van der Waals surface area contributed by atoms with E-state index in [4.69, 9.17) is 9.83 Å². The number of anilines is 1. The molecule has 3 aromatic rings. The number of benzene rings is 2. The van der Waals surface area contributed by atoms with Crippen LogP contribution in [0, 0.1) is 17.3 Å². The number of sulfonamides is 1. The Morgan fingerprint density at radius 1 is 1.03 bits per heavy atom. The fourth-order valence-corrected chi connectivity index (χ4v) is 8.79. The first-order valence-corrected chi connectivity index (χ1v) is 16.0. The lowest BCUT2D eigenvalue weighted by atomic mass is 9.74. The Morgan fingerprint density at radius 2 is 1.74 bits per heavy atom. The molecule has 9 nitrogen and oxygen atoms in total. The zero-order valence-corrected chi connectivity index (χ0v) is 22.9. The van der Waals surface area contributed by atoms with Gasteiger partial charge in [0.2, 0.25) is 10.0 Å². The van der Waals surface area contributed by atoms with Crippen LogP contribution in [0.4, 0.5) is 5.69 Å². The monoisotopic (exact) mass is 565 g/mol. The summed E-state index contributed by atoms with van der Waals surface area (Å²) in [5.74, 6) is 6.21. The fraction of sp³-hybridized carbons (Fsp3) is 0.286. The molecule has 0 unspecified atom stereocenters. The number of carbonyl (C=O) groups excluding carboxylic acids is 1. The number of hydrogen-bond acceptors (Lipinski definition) is 7. The average Bonchev–Trinajstić information content (AvgIpc) is 3.50. The van der Waals surface area contributed by atoms with Gasteiger partial charge in [0.15, 0.2) is 26.4 Å². The van der Waals surface area contributed by atoms with E-state index >= 15 is 0 Å². The molecule has 5 rings (SSSR count). The van der Waals surface area contributed by atoms with Gasteiger partial charge in [-0.2, -0.15) is 0 Å². The van der Waals surface area contributed by atoms with Crippen molar-refractivity contribution in [3.63, 3.8) is 0 Å². The number of sulfone groups is 1. The third-order valence-electron chi connectivity index (χ3n) is 7.10. The normalized spacial score (nSPS) is 16.4. The first-order valence-electron chi connectivity index (χ1n) is 12.3. The Morgan fingerprint density at radius 3 is 2.41 bits per heavy atom. The number of fused-ring (bicyclic) bond motifs is 2. The Balaban J connectivity index is 1.35. The van der Waals surface area contributed by atoms with E-state index in [1.165, 1.54) is 10.5 Å². The summed E-state index contributed by atoms with van der Waals surface area (Å²) in [7, 11) is -7.93. The second kappa shape index (κ2) is 10.0. The number of rotatable bonds is 5. The molecule has 1 N–H and O–H groups in total. The summed E-state index contributed by atoms with van der Waals surface area (Å²) in [6.45, 7) is 0.807. The van der Waals surface area contributed by atoms with Gasteiger partial charge in [-0.15, -0.1) is 0 Å². The van der Waals surface area contributed by atoms with E-state index in [1.807, 2.05) is 30.3 Å². The van der Waals surface area contributed by atoms with Crippen LogP contribution in [-0.4, -0.2) is 64.8 Å². The number of nitrogens with one attached hydrogen (secondary N) is 1. The quantitative estimate of drug-likeness (QED) is 0.374. The molecule has 1 spiro atoms. The zero-order valence-electron chi connectivity index (χ0n) is 21.3. The van der Waals surface area contributed by atoms with Crippen molar-refractivity contribution >= 4 is 37.7 Å². The molecule has 1 saturated heterocycles. The lowest BCUT2D eigenvalue weighted by molar-refractivity contribution is 0.0642. The fourth-order valence-electron chi connectivity index (χ4n) is 5.21. The largest absolute Gasteiger partial charge is 0.443 e. The van der Waals surface area contributed by atoms with Crippen molar-refractivity contribution in [3.05, 3.63) is 88.9 Å². The van der Waals surface area contributed by atoms with Crippen LogP contribution in [0.2, 0.25) is 0 Å². The molecule has 39 heavy (non-hydrogen) atoms. The maximum Gasteiger partial charge on any atom is 0.289 e. The summed E-state index contributed by atoms with van der Waals surface area (Å²) in [5.41, 5.74) is 2.03. The van der Waals surface area contributed by atoms with Crippen LogP contribution >= 0.6 is 0 Å². The Bertz CT molecular complexity index is 1710. The Labute approximate surface area is 227 Å². The molecule has 0 bridgehead atoms. The third-order valence-corrected chi connectivity index (χ3v) is 11.0. The van der Waals surface area contributed by atoms with Crippen LogP contribution < -0.4 is 4.31 Å². The van der Waals surface area contributed by atoms with E-state index in [-0.39, 0.29) is 18.2 Å². The van der Waals surface area contributed by atoms with Gasteiger partial charge in [0, 0.05) is 43.1 Å². The van der Waals surface area contributed by atoms with Crippen LogP contribution in [0.1, 0.15) is 45.8 Å². The van der Waals surface area contributed by atoms with Gasteiger partial charge >= 0.3 is 0 Å². The highest BCUT2D eigenvalue weighted by atomic mass is 32.3. The van der Waals surface area contributed by atoms with Crippen LogP contribution in [0.3, 0.4) is 0 Å². The standard InChI is InChI=1S/C28H27N3O6S2/c1-38(33,34)20-39(35,36)31-19-28(24-17-22(18-29)8-11-25(24)31)13-15-30(16-14-28)27(32)26-12-10-23(37-26)9-7-21-5-3-2-4-6-21/h2-6,8,10-12,17-18,29H,13-16,19-20H2,1H3. The SMILES string of the molecule is CS(=O)(=O)CS(=O)(=O)N1CC2(CCN(C(=O)c3ccc(C#Cc4ccccc4)o3)CC2)c2cc(C=N)ccc21. The molecule has 11 heteroatoms. The van der Waals surface area contributed by atoms with Crippen molar-refractivity contribution in [3.8, 4) is 11.8 Å². The molecule has 0 saturated carbocycles. The highest BCUT2D eigenvalue weighted by Crippen LogP contribution is 2.48. The third kappa shape index (κ3) is 5.48. The lowest BCUT2D eigenvalue weighted by Crippen LogP contribution is -2.48. The molecule has 0 aliphatic carbocycles. The van der Waals surface area contributed by atoms with E-state index in [0.717, 1.165) is 17.4 Å². The summed E-state index contributed by atoms with van der Waals surface area (Å²) in [5, 5.41) is 6.67. The van der Waals surface area contributed by atoms with Crippen LogP contribution in [0.25, 0.3) is 0 Å². The molecule has 0 radical (unpaired) electrons. The number of hydrogen-bond donors (Lipinski definition) is 1. The van der Waals surface area contributed by atoms with E-state index < -0.39 is 30.4 Å². The van der Waals surface area contributed by atoms with Gasteiger partial charge in [0.1, 0.15) is 0 Å². The minimum atomic E-state index is -4.14. The number of amides is 1. The molecule has 202 valence electrons. The van der Waals surface area contributed by atoms with Gasteiger partial charge in [0.25, 0.3) is 5.91 Å². The van der Waals surface area contributed by atoms with Crippen LogP contribution in [0.15, 0.2) is 65.1 Å². The van der Waals surface area contributed by atoms with Crippen molar-refractivity contribution in [2.75, 3.05) is 35.3 Å². The minimum Gasteiger partial charge on any atom is -0.443 e. The van der Waals surface area contributed by atoms with Crippen molar-refractivity contribution < 1.29 is 26.0 Å². The number of likely N-dealkylation sites (tertiary alicyclic amines) is 1. The molecule has 1 fully saturated rings. The summed E-state index contributed by atoms with van der Waals surface area (Å²) in [4.78, 5) is 14.9. The summed E-state index contributed by atoms with van der Waals surface area (Å²) >= 11 is 0. The van der Waals surface area contributed by atoms with Crippen molar-refractivity contribution in [1.82, 2.24) is 4.90 Å². The first-order chi connectivity index (χ1) is 18.5. The topological polar surface area (TPSA) is 129 Å². The number of nitrogens with zero attached hydrogens (tertiary/aromatic N) is 2. The molecule has 0 atom stereocenters. The van der Waals surface area contributed by atoms with Crippen molar-refractivity contribution in [2.45, 2.75) is 18.3 Å². The molecule has 2 aliphatic heterocycles. The van der Waals surface area contributed by atoms with E-state index in [0.29, 0.717) is 42.9 Å². The predicted molar refractivity (Wildman–Crippen MR) is 148 cm³/mol. The summed E-state index contributed by atoms with van der Waals surface area (Å²) in [6, 6.07) is 17.8. The van der Waals surface area contributed by atoms with E-state index in [1.54, 1.807) is 35.2 Å². The lowest BCUT2D eigenvalue weighted by Gasteiger charge is -2.39. The molecule has 3 heterocycles. The van der Waals surface area contributed by atoms with Gasteiger partial charge in [-0.25, -0.2) is 16.8 Å². The number of furan rings is 1. The predicted octanol–water partition coefficient (Wildman–Crippen LogP) is 3.00.